The minimum Gasteiger partial charge on any atom is -0.508 e. The van der Waals surface area contributed by atoms with Gasteiger partial charge in [-0.25, -0.2) is 4.39 Å². The number of allylic oxidation sites excluding steroid dienone is 2. The highest BCUT2D eigenvalue weighted by Gasteiger charge is 2.21. The summed E-state index contributed by atoms with van der Waals surface area (Å²) in [5, 5.41) is 18.8. The zero-order valence-corrected chi connectivity index (χ0v) is 9.20. The van der Waals surface area contributed by atoms with Gasteiger partial charge in [-0.15, -0.1) is 0 Å². The number of hydrogen-bond donors (Lipinski definition) is 2. The van der Waals surface area contributed by atoms with Crippen LogP contribution in [0.5, 0.6) is 11.5 Å². The summed E-state index contributed by atoms with van der Waals surface area (Å²) in [5.41, 5.74) is 1.53. The molecule has 0 saturated carbocycles. The second-order valence-corrected chi connectivity index (χ2v) is 4.37. The molecular weight excluding hydrogens is 207 g/mol. The maximum atomic E-state index is 13.7. The van der Waals surface area contributed by atoms with Crippen molar-refractivity contribution in [2.75, 3.05) is 0 Å². The van der Waals surface area contributed by atoms with Gasteiger partial charge < -0.3 is 10.2 Å². The summed E-state index contributed by atoms with van der Waals surface area (Å²) in [4.78, 5) is 0. The Bertz CT molecular complexity index is 415. The van der Waals surface area contributed by atoms with Crippen molar-refractivity contribution in [3.63, 3.8) is 0 Å². The normalized spacial score (nSPS) is 20.6. The number of aromatic hydroxyl groups is 2. The summed E-state index contributed by atoms with van der Waals surface area (Å²) in [6.07, 6.45) is 4.88. The molecule has 2 nitrogen and oxygen atoms in total. The minimum atomic E-state index is -0.534. The third-order valence-corrected chi connectivity index (χ3v) is 3.04. The van der Waals surface area contributed by atoms with Crippen LogP contribution in [0.25, 0.3) is 0 Å². The molecule has 0 amide bonds. The highest BCUT2D eigenvalue weighted by molar-refractivity contribution is 5.44. The van der Waals surface area contributed by atoms with Crippen LogP contribution in [0.4, 0.5) is 4.39 Å². The number of rotatable bonds is 1. The first-order valence-corrected chi connectivity index (χ1v) is 5.46. The summed E-state index contributed by atoms with van der Waals surface area (Å²) < 4.78 is 13.7. The Kier molecular flexibility index (Phi) is 2.86. The van der Waals surface area contributed by atoms with Crippen molar-refractivity contribution in [1.82, 2.24) is 0 Å². The van der Waals surface area contributed by atoms with Gasteiger partial charge in [0.05, 0.1) is 0 Å². The van der Waals surface area contributed by atoms with Gasteiger partial charge in [-0.2, -0.15) is 0 Å². The van der Waals surface area contributed by atoms with Gasteiger partial charge in [0.2, 0.25) is 0 Å². The predicted octanol–water partition coefficient (Wildman–Crippen LogP) is 3.45. The van der Waals surface area contributed by atoms with Crippen molar-refractivity contribution in [3.05, 3.63) is 35.2 Å². The maximum Gasteiger partial charge on any atom is 0.134 e. The summed E-state index contributed by atoms with van der Waals surface area (Å²) in [5.74, 6) is -1.01. The molecular formula is C13H15FO2. The Morgan fingerprint density at radius 3 is 2.69 bits per heavy atom. The van der Waals surface area contributed by atoms with E-state index in [2.05, 4.69) is 0 Å². The van der Waals surface area contributed by atoms with Crippen LogP contribution in [0.2, 0.25) is 0 Å². The second kappa shape index (κ2) is 4.16. The van der Waals surface area contributed by atoms with E-state index in [9.17, 15) is 9.50 Å². The van der Waals surface area contributed by atoms with Crippen LogP contribution < -0.4 is 0 Å². The molecule has 0 fully saturated rings. The van der Waals surface area contributed by atoms with Crippen LogP contribution in [-0.4, -0.2) is 10.2 Å². The molecule has 0 aromatic heterocycles. The van der Waals surface area contributed by atoms with Gasteiger partial charge in [-0.3, -0.25) is 0 Å². The molecule has 86 valence electrons. The standard InChI is InChI=1S/C13H15FO2/c1-8-3-2-4-9(5-8)13-11(14)6-10(15)7-12(13)16/h5-7,9,15-16H,2-4H2,1H3. The van der Waals surface area contributed by atoms with Crippen molar-refractivity contribution in [2.45, 2.75) is 32.1 Å². The van der Waals surface area contributed by atoms with Crippen LogP contribution in [0, 0.1) is 5.82 Å². The first kappa shape index (κ1) is 11.0. The van der Waals surface area contributed by atoms with E-state index in [0.29, 0.717) is 5.56 Å². The lowest BCUT2D eigenvalue weighted by Gasteiger charge is -2.21. The summed E-state index contributed by atoms with van der Waals surface area (Å²) in [7, 11) is 0. The van der Waals surface area contributed by atoms with Crippen molar-refractivity contribution in [1.29, 1.82) is 0 Å². The largest absolute Gasteiger partial charge is 0.508 e. The Hall–Kier alpha value is -1.51. The average Bonchev–Trinajstić information content (AvgIpc) is 2.15. The maximum absolute atomic E-state index is 13.7. The molecule has 3 heteroatoms. The topological polar surface area (TPSA) is 40.5 Å². The fourth-order valence-electron chi connectivity index (χ4n) is 2.30. The molecule has 1 aromatic carbocycles. The van der Waals surface area contributed by atoms with Crippen LogP contribution >= 0.6 is 0 Å². The molecule has 0 radical (unpaired) electrons. The van der Waals surface area contributed by atoms with E-state index in [1.54, 1.807) is 0 Å². The van der Waals surface area contributed by atoms with E-state index in [0.717, 1.165) is 25.3 Å². The first-order valence-electron chi connectivity index (χ1n) is 5.46. The number of phenolic OH excluding ortho intramolecular Hbond substituents is 2. The average molecular weight is 222 g/mol. The lowest BCUT2D eigenvalue weighted by molar-refractivity contribution is 0.427. The van der Waals surface area contributed by atoms with E-state index >= 15 is 0 Å². The van der Waals surface area contributed by atoms with Gasteiger partial charge >= 0.3 is 0 Å². The summed E-state index contributed by atoms with van der Waals surface area (Å²) in [6.45, 7) is 2.02. The van der Waals surface area contributed by atoms with Gasteiger partial charge in [0.1, 0.15) is 17.3 Å². The SMILES string of the molecule is CC1=CC(c2c(O)cc(O)cc2F)CCC1. The third-order valence-electron chi connectivity index (χ3n) is 3.04. The predicted molar refractivity (Wildman–Crippen MR) is 60.1 cm³/mol. The highest BCUT2D eigenvalue weighted by atomic mass is 19.1. The quantitative estimate of drug-likeness (QED) is 0.714. The second-order valence-electron chi connectivity index (χ2n) is 4.37. The van der Waals surface area contributed by atoms with Gasteiger partial charge in [0.25, 0.3) is 0 Å². The molecule has 16 heavy (non-hydrogen) atoms. The molecule has 1 aliphatic rings. The Morgan fingerprint density at radius 2 is 2.06 bits per heavy atom. The molecule has 1 unspecified atom stereocenters. The smallest absolute Gasteiger partial charge is 0.134 e. The molecule has 0 bridgehead atoms. The van der Waals surface area contributed by atoms with E-state index < -0.39 is 5.82 Å². The lowest BCUT2D eigenvalue weighted by atomic mass is 9.85. The molecule has 2 rings (SSSR count). The molecule has 1 atom stereocenters. The third kappa shape index (κ3) is 2.03. The van der Waals surface area contributed by atoms with E-state index in [1.165, 1.54) is 11.6 Å². The minimum absolute atomic E-state index is 0.0747. The van der Waals surface area contributed by atoms with Crippen LogP contribution in [0.3, 0.4) is 0 Å². The van der Waals surface area contributed by atoms with E-state index in [-0.39, 0.29) is 17.4 Å². The monoisotopic (exact) mass is 222 g/mol. The molecule has 1 aliphatic carbocycles. The fraction of sp³-hybridized carbons (Fsp3) is 0.385. The summed E-state index contributed by atoms with van der Waals surface area (Å²) in [6, 6.07) is 2.24. The van der Waals surface area contributed by atoms with E-state index in [4.69, 9.17) is 5.11 Å². The zero-order chi connectivity index (χ0) is 11.7. The zero-order valence-electron chi connectivity index (χ0n) is 9.20. The molecule has 0 aliphatic heterocycles. The number of hydrogen-bond acceptors (Lipinski definition) is 2. The van der Waals surface area contributed by atoms with Crippen LogP contribution in [-0.2, 0) is 0 Å². The first-order chi connectivity index (χ1) is 7.58. The lowest BCUT2D eigenvalue weighted by Crippen LogP contribution is -2.04. The fourth-order valence-corrected chi connectivity index (χ4v) is 2.30. The number of phenols is 2. The van der Waals surface area contributed by atoms with Gasteiger partial charge in [0, 0.05) is 23.6 Å². The van der Waals surface area contributed by atoms with Gasteiger partial charge in [0.15, 0.2) is 0 Å². The number of halogens is 1. The molecule has 0 heterocycles. The Balaban J connectivity index is 2.44. The summed E-state index contributed by atoms with van der Waals surface area (Å²) >= 11 is 0. The van der Waals surface area contributed by atoms with Crippen molar-refractivity contribution in [2.24, 2.45) is 0 Å². The van der Waals surface area contributed by atoms with Gasteiger partial charge in [-0.1, -0.05) is 11.6 Å². The highest BCUT2D eigenvalue weighted by Crippen LogP contribution is 2.38. The van der Waals surface area contributed by atoms with Crippen molar-refractivity contribution in [3.8, 4) is 11.5 Å². The molecule has 0 saturated heterocycles. The van der Waals surface area contributed by atoms with Gasteiger partial charge in [-0.05, 0) is 26.2 Å². The van der Waals surface area contributed by atoms with Crippen LogP contribution in [0.15, 0.2) is 23.8 Å². The Labute approximate surface area is 94.0 Å². The van der Waals surface area contributed by atoms with Crippen LogP contribution in [0.1, 0.15) is 37.7 Å². The number of benzene rings is 1. The molecule has 0 spiro atoms. The van der Waals surface area contributed by atoms with E-state index in [1.807, 2.05) is 13.0 Å². The van der Waals surface area contributed by atoms with Crippen molar-refractivity contribution < 1.29 is 14.6 Å². The molecule has 2 N–H and O–H groups in total. The Morgan fingerprint density at radius 1 is 1.31 bits per heavy atom. The van der Waals surface area contributed by atoms with Crippen molar-refractivity contribution >= 4 is 0 Å². The molecule has 1 aromatic rings.